The maximum absolute atomic E-state index is 11.2. The van der Waals surface area contributed by atoms with Crippen molar-refractivity contribution < 1.29 is 19.4 Å². The maximum atomic E-state index is 11.2. The zero-order valence-corrected chi connectivity index (χ0v) is 9.66. The smallest absolute Gasteiger partial charge is 0.407 e. The first-order valence-corrected chi connectivity index (χ1v) is 4.92. The average molecular weight is 217 g/mol. The molecule has 0 unspecified atom stereocenters. The molecule has 0 spiro atoms. The van der Waals surface area contributed by atoms with Crippen molar-refractivity contribution in [1.82, 2.24) is 5.32 Å². The van der Waals surface area contributed by atoms with Gasteiger partial charge in [0.1, 0.15) is 5.60 Å². The molecule has 1 atom stereocenters. The van der Waals surface area contributed by atoms with Crippen molar-refractivity contribution in [2.24, 2.45) is 0 Å². The first-order chi connectivity index (χ1) is 6.70. The summed E-state index contributed by atoms with van der Waals surface area (Å²) in [6.45, 7) is 7.06. The fourth-order valence-electron chi connectivity index (χ4n) is 0.921. The molecular formula is C10H19NO4. The van der Waals surface area contributed by atoms with E-state index in [-0.39, 0.29) is 12.5 Å². The largest absolute Gasteiger partial charge is 0.481 e. The molecule has 88 valence electrons. The van der Waals surface area contributed by atoms with Gasteiger partial charge < -0.3 is 15.2 Å². The molecule has 5 heteroatoms. The molecule has 0 aromatic carbocycles. The van der Waals surface area contributed by atoms with Crippen LogP contribution in [0.2, 0.25) is 0 Å². The second-order valence-corrected chi connectivity index (χ2v) is 4.48. The van der Waals surface area contributed by atoms with Crippen molar-refractivity contribution in [2.45, 2.75) is 52.2 Å². The first-order valence-electron chi connectivity index (χ1n) is 4.92. The number of carboxylic acid groups (broad SMARTS) is 1. The quantitative estimate of drug-likeness (QED) is 0.752. The Balaban J connectivity index is 3.81. The zero-order valence-electron chi connectivity index (χ0n) is 9.66. The fourth-order valence-corrected chi connectivity index (χ4v) is 0.921. The summed E-state index contributed by atoms with van der Waals surface area (Å²) in [5.41, 5.74) is -0.531. The van der Waals surface area contributed by atoms with E-state index in [1.807, 2.05) is 0 Å². The van der Waals surface area contributed by atoms with Gasteiger partial charge in [0, 0.05) is 12.5 Å². The highest BCUT2D eigenvalue weighted by molar-refractivity contribution is 5.69. The number of carbonyl (C=O) groups excluding carboxylic acids is 1. The van der Waals surface area contributed by atoms with Crippen LogP contribution in [0.15, 0.2) is 0 Å². The number of rotatable bonds is 4. The van der Waals surface area contributed by atoms with Crippen LogP contribution in [0.5, 0.6) is 0 Å². The second kappa shape index (κ2) is 5.58. The lowest BCUT2D eigenvalue weighted by molar-refractivity contribution is -0.137. The number of aliphatic carboxylic acids is 1. The highest BCUT2D eigenvalue weighted by Gasteiger charge is 2.17. The van der Waals surface area contributed by atoms with Crippen LogP contribution in [-0.2, 0) is 9.53 Å². The molecule has 1 amide bonds. The third-order valence-electron chi connectivity index (χ3n) is 1.55. The van der Waals surface area contributed by atoms with Crippen molar-refractivity contribution in [3.05, 3.63) is 0 Å². The minimum Gasteiger partial charge on any atom is -0.481 e. The molecule has 0 aliphatic heterocycles. The van der Waals surface area contributed by atoms with Crippen LogP contribution in [0.1, 0.15) is 40.5 Å². The molecule has 0 aliphatic carbocycles. The van der Waals surface area contributed by atoms with Gasteiger partial charge >= 0.3 is 12.1 Å². The summed E-state index contributed by atoms with van der Waals surface area (Å²) in [6.07, 6.45) is -0.0775. The Morgan fingerprint density at radius 2 is 1.93 bits per heavy atom. The molecule has 0 rings (SSSR count). The second-order valence-electron chi connectivity index (χ2n) is 4.48. The van der Waals surface area contributed by atoms with Crippen LogP contribution in [0, 0.1) is 0 Å². The van der Waals surface area contributed by atoms with Gasteiger partial charge in [0.05, 0.1) is 0 Å². The molecule has 0 saturated carbocycles. The number of nitrogens with one attached hydrogen (secondary N) is 1. The Bertz CT molecular complexity index is 232. The molecule has 0 aromatic rings. The Morgan fingerprint density at radius 3 is 2.33 bits per heavy atom. The molecule has 5 nitrogen and oxygen atoms in total. The molecule has 0 heterocycles. The predicted octanol–water partition coefficient (Wildman–Crippen LogP) is 1.76. The molecular weight excluding hydrogens is 198 g/mol. The van der Waals surface area contributed by atoms with Crippen molar-refractivity contribution in [2.75, 3.05) is 0 Å². The van der Waals surface area contributed by atoms with Crippen LogP contribution in [0.25, 0.3) is 0 Å². The van der Waals surface area contributed by atoms with E-state index in [0.717, 1.165) is 0 Å². The Hall–Kier alpha value is -1.26. The standard InChI is InChI=1S/C10H19NO4/c1-7(5-6-8(12)13)11-9(14)15-10(2,3)4/h7H,5-6H2,1-4H3,(H,11,14)(H,12,13)/t7-/m1/s1. The normalized spacial score (nSPS) is 13.1. The lowest BCUT2D eigenvalue weighted by atomic mass is 10.2. The monoisotopic (exact) mass is 217 g/mol. The molecule has 0 radical (unpaired) electrons. The van der Waals surface area contributed by atoms with Crippen molar-refractivity contribution in [3.63, 3.8) is 0 Å². The van der Waals surface area contributed by atoms with Crippen LogP contribution < -0.4 is 5.32 Å². The van der Waals surface area contributed by atoms with Crippen molar-refractivity contribution in [3.8, 4) is 0 Å². The van der Waals surface area contributed by atoms with Gasteiger partial charge in [-0.1, -0.05) is 0 Å². The van der Waals surface area contributed by atoms with Gasteiger partial charge in [-0.15, -0.1) is 0 Å². The lowest BCUT2D eigenvalue weighted by Crippen LogP contribution is -2.37. The topological polar surface area (TPSA) is 75.6 Å². The number of alkyl carbamates (subject to hydrolysis) is 1. The van der Waals surface area contributed by atoms with E-state index in [0.29, 0.717) is 6.42 Å². The summed E-state index contributed by atoms with van der Waals surface area (Å²) in [7, 11) is 0. The molecule has 0 aliphatic rings. The van der Waals surface area contributed by atoms with Crippen LogP contribution in [0.4, 0.5) is 4.79 Å². The number of amides is 1. The van der Waals surface area contributed by atoms with Gasteiger partial charge in [-0.2, -0.15) is 0 Å². The van der Waals surface area contributed by atoms with E-state index in [1.165, 1.54) is 0 Å². The Kier molecular flexibility index (Phi) is 5.11. The summed E-state index contributed by atoms with van der Waals surface area (Å²) in [6, 6.07) is -0.198. The van der Waals surface area contributed by atoms with Crippen LogP contribution >= 0.6 is 0 Å². The Morgan fingerprint density at radius 1 is 1.40 bits per heavy atom. The molecule has 2 N–H and O–H groups in total. The Labute approximate surface area is 89.8 Å². The number of hydrogen-bond donors (Lipinski definition) is 2. The number of hydrogen-bond acceptors (Lipinski definition) is 3. The van der Waals surface area contributed by atoms with Gasteiger partial charge in [0.15, 0.2) is 0 Å². The van der Waals surface area contributed by atoms with E-state index in [1.54, 1.807) is 27.7 Å². The number of ether oxygens (including phenoxy) is 1. The van der Waals surface area contributed by atoms with Gasteiger partial charge in [-0.25, -0.2) is 4.79 Å². The van der Waals surface area contributed by atoms with E-state index in [9.17, 15) is 9.59 Å². The van der Waals surface area contributed by atoms with E-state index in [4.69, 9.17) is 9.84 Å². The van der Waals surface area contributed by atoms with E-state index in [2.05, 4.69) is 5.32 Å². The third-order valence-corrected chi connectivity index (χ3v) is 1.55. The summed E-state index contributed by atoms with van der Waals surface area (Å²) >= 11 is 0. The summed E-state index contributed by atoms with van der Waals surface area (Å²) in [4.78, 5) is 21.5. The molecule has 15 heavy (non-hydrogen) atoms. The molecule has 0 bridgehead atoms. The van der Waals surface area contributed by atoms with E-state index >= 15 is 0 Å². The molecule has 0 aromatic heterocycles. The van der Waals surface area contributed by atoms with Gasteiger partial charge in [0.25, 0.3) is 0 Å². The van der Waals surface area contributed by atoms with Crippen molar-refractivity contribution >= 4 is 12.1 Å². The van der Waals surface area contributed by atoms with Gasteiger partial charge in [0.2, 0.25) is 0 Å². The minimum absolute atomic E-state index is 0.0387. The number of carboxylic acids is 1. The number of carbonyl (C=O) groups is 2. The van der Waals surface area contributed by atoms with Crippen LogP contribution in [0.3, 0.4) is 0 Å². The van der Waals surface area contributed by atoms with E-state index < -0.39 is 17.7 Å². The highest BCUT2D eigenvalue weighted by Crippen LogP contribution is 2.07. The summed E-state index contributed by atoms with van der Waals surface area (Å²) in [5, 5.41) is 11.0. The zero-order chi connectivity index (χ0) is 12.1. The fraction of sp³-hybridized carbons (Fsp3) is 0.800. The maximum Gasteiger partial charge on any atom is 0.407 e. The first kappa shape index (κ1) is 13.7. The third kappa shape index (κ3) is 9.05. The molecule has 0 saturated heterocycles. The summed E-state index contributed by atoms with van der Waals surface area (Å²) < 4.78 is 5.02. The molecule has 0 fully saturated rings. The minimum atomic E-state index is -0.868. The van der Waals surface area contributed by atoms with Gasteiger partial charge in [-0.3, -0.25) is 4.79 Å². The van der Waals surface area contributed by atoms with Crippen molar-refractivity contribution in [1.29, 1.82) is 0 Å². The van der Waals surface area contributed by atoms with Gasteiger partial charge in [-0.05, 0) is 34.1 Å². The summed E-state index contributed by atoms with van der Waals surface area (Å²) in [5.74, 6) is -0.868. The lowest BCUT2D eigenvalue weighted by Gasteiger charge is -2.21. The SMILES string of the molecule is C[C@H](CCC(=O)O)NC(=O)OC(C)(C)C. The highest BCUT2D eigenvalue weighted by atomic mass is 16.6. The average Bonchev–Trinajstić information content (AvgIpc) is 1.96. The predicted molar refractivity (Wildman–Crippen MR) is 55.7 cm³/mol. The van der Waals surface area contributed by atoms with Crippen LogP contribution in [-0.4, -0.2) is 28.8 Å².